The Hall–Kier alpha value is -4.86. The number of carbonyl (C=O) groups excluding carboxylic acids is 3. The number of ether oxygens (including phenoxy) is 4. The highest BCUT2D eigenvalue weighted by molar-refractivity contribution is 7.89. The van der Waals surface area contributed by atoms with Crippen LogP contribution in [0.3, 0.4) is 0 Å². The fraction of sp³-hybridized carbons (Fsp3) is 0.588. The van der Waals surface area contributed by atoms with Crippen LogP contribution in [0.4, 0.5) is 11.6 Å². The second-order valence-corrected chi connectivity index (χ2v) is 20.7. The first-order valence-electron chi connectivity index (χ1n) is 25.2. The van der Waals surface area contributed by atoms with E-state index in [0.29, 0.717) is 97.9 Å². The monoisotopic (exact) mass is 986 g/mol. The van der Waals surface area contributed by atoms with E-state index in [1.54, 1.807) is 28.4 Å². The third-order valence-corrected chi connectivity index (χ3v) is 16.0. The summed E-state index contributed by atoms with van der Waals surface area (Å²) in [5, 5.41) is 16.8. The maximum Gasteiger partial charge on any atom is 0.243 e. The number of hydrogen-bond acceptors (Lipinski definition) is 14. The van der Waals surface area contributed by atoms with Gasteiger partial charge in [0.15, 0.2) is 0 Å². The minimum atomic E-state index is -3.68. The summed E-state index contributed by atoms with van der Waals surface area (Å²) in [6.07, 6.45) is 11.1. The minimum absolute atomic E-state index is 0.113. The molecule has 2 aromatic carbocycles. The van der Waals surface area contributed by atoms with Crippen LogP contribution in [0.1, 0.15) is 87.8 Å². The van der Waals surface area contributed by atoms with E-state index in [1.165, 1.54) is 0 Å². The largest absolute Gasteiger partial charge is 0.393 e. The van der Waals surface area contributed by atoms with Crippen LogP contribution in [0.5, 0.6) is 0 Å². The van der Waals surface area contributed by atoms with Crippen molar-refractivity contribution >= 4 is 50.4 Å². The number of piperidine rings is 1. The number of para-hydroxylation sites is 1. The van der Waals surface area contributed by atoms with Gasteiger partial charge in [-0.25, -0.2) is 13.4 Å². The predicted octanol–water partition coefficient (Wildman–Crippen LogP) is 4.90. The van der Waals surface area contributed by atoms with Gasteiger partial charge in [-0.2, -0.15) is 9.29 Å². The molecule has 3 amide bonds. The van der Waals surface area contributed by atoms with E-state index in [1.807, 2.05) is 36.5 Å². The van der Waals surface area contributed by atoms with Crippen LogP contribution < -0.4 is 15.5 Å². The molecule has 1 aliphatic carbocycles. The van der Waals surface area contributed by atoms with Crippen LogP contribution in [-0.2, 0) is 49.8 Å². The molecule has 5 heterocycles. The quantitative estimate of drug-likeness (QED) is 0.0597. The fourth-order valence-electron chi connectivity index (χ4n) is 10.1. The Balaban J connectivity index is 0.678. The molecule has 380 valence electrons. The van der Waals surface area contributed by atoms with E-state index in [-0.39, 0.29) is 41.2 Å². The zero-order valence-electron chi connectivity index (χ0n) is 40.7. The number of imide groups is 1. The molecule has 18 nitrogen and oxygen atoms in total. The van der Waals surface area contributed by atoms with Gasteiger partial charge in [-0.3, -0.25) is 24.6 Å². The lowest BCUT2D eigenvalue weighted by Gasteiger charge is -2.33. The van der Waals surface area contributed by atoms with E-state index in [2.05, 4.69) is 38.2 Å². The summed E-state index contributed by atoms with van der Waals surface area (Å²) in [5.74, 6) is -1.30. The number of aliphatic hydroxyl groups excluding tert-OH is 1. The van der Waals surface area contributed by atoms with E-state index >= 15 is 0 Å². The molecule has 3 N–H and O–H groups in total. The number of aryl methyl sites for hydroxylation is 1. The van der Waals surface area contributed by atoms with Gasteiger partial charge in [0.1, 0.15) is 5.65 Å². The molecular formula is C51H70N8O10S. The summed E-state index contributed by atoms with van der Waals surface area (Å²) in [4.78, 5) is 51.2. The van der Waals surface area contributed by atoms with Gasteiger partial charge in [0.25, 0.3) is 0 Å². The molecule has 0 radical (unpaired) electrons. The number of anilines is 2. The number of likely N-dealkylation sites (N-methyl/N-ethyl adjacent to an activating group) is 1. The van der Waals surface area contributed by atoms with Gasteiger partial charge < -0.3 is 38.8 Å². The van der Waals surface area contributed by atoms with Crippen LogP contribution in [0.2, 0.25) is 0 Å². The number of sulfonamides is 1. The second kappa shape index (κ2) is 24.5. The van der Waals surface area contributed by atoms with Crippen LogP contribution in [0, 0.1) is 5.92 Å². The maximum atomic E-state index is 13.8. The lowest BCUT2D eigenvalue weighted by molar-refractivity contribution is -0.139. The Morgan fingerprint density at radius 1 is 0.829 bits per heavy atom. The van der Waals surface area contributed by atoms with Crippen LogP contribution in [-0.4, -0.2) is 160 Å². The number of unbranched alkanes of at least 4 members (excludes halogenated alkanes) is 1. The van der Waals surface area contributed by atoms with E-state index in [0.717, 1.165) is 96.9 Å². The van der Waals surface area contributed by atoms with Crippen LogP contribution in [0.25, 0.3) is 22.2 Å². The average molecular weight is 987 g/mol. The lowest BCUT2D eigenvalue weighted by atomic mass is 9.81. The normalized spacial score (nSPS) is 21.4. The molecule has 2 unspecified atom stereocenters. The molecule has 1 saturated carbocycles. The van der Waals surface area contributed by atoms with Crippen molar-refractivity contribution in [3.63, 3.8) is 0 Å². The first kappa shape index (κ1) is 51.5. The Labute approximate surface area is 411 Å². The van der Waals surface area contributed by atoms with Crippen molar-refractivity contribution in [2.24, 2.45) is 5.92 Å². The zero-order valence-corrected chi connectivity index (χ0v) is 41.5. The van der Waals surface area contributed by atoms with Crippen molar-refractivity contribution in [1.29, 1.82) is 0 Å². The molecule has 70 heavy (non-hydrogen) atoms. The summed E-state index contributed by atoms with van der Waals surface area (Å²) in [6, 6.07) is 13.2. The van der Waals surface area contributed by atoms with E-state index in [9.17, 15) is 27.9 Å². The standard InChI is InChI=1S/C51H70N8O10S/c1-3-4-20-52-51-53-34-43-44(35-59(48(43)55-51)38-12-14-39(60)15-13-38)36-10-16-40(17-11-36)70(64,65)58-23-21-57(22-24-58)25-27-67-29-31-69-33-32-68-30-28-66-26-6-8-37-7-5-9-41-46(50(63)56(2)47(37)41)42-18-19-45(61)54-49(42)62/h5,7,9-11,16-17,34-35,38-39,42,46,60H,3-4,6,8,12-15,18-33H2,1-2H3,(H,52,53,55)(H,54,61,62). The summed E-state index contributed by atoms with van der Waals surface area (Å²) < 4.78 is 54.2. The number of nitrogens with one attached hydrogen (secondary N) is 2. The SMILES string of the molecule is CCCCNc1ncc2c(-c3ccc(S(=O)(=O)N4CCN(CCOCCOCCOCCOCCCc5cccc6c5N(C)C(=O)C6C5CCC(=O)NC5=O)CC4)cc3)cn(C3CCC(O)CC3)c2n1. The Morgan fingerprint density at radius 3 is 2.20 bits per heavy atom. The number of rotatable bonds is 25. The molecule has 2 aromatic heterocycles. The number of carbonyl (C=O) groups is 3. The zero-order chi connectivity index (χ0) is 49.0. The highest BCUT2D eigenvalue weighted by atomic mass is 32.2. The van der Waals surface area contributed by atoms with Gasteiger partial charge in [0.2, 0.25) is 33.7 Å². The molecule has 4 aliphatic rings. The summed E-state index contributed by atoms with van der Waals surface area (Å²) in [6.45, 7) is 9.45. The average Bonchev–Trinajstić information content (AvgIpc) is 3.87. The number of hydrogen-bond donors (Lipinski definition) is 3. The number of amides is 3. The molecule has 0 bridgehead atoms. The third-order valence-electron chi connectivity index (χ3n) is 14.1. The van der Waals surface area contributed by atoms with Crippen LogP contribution in [0.15, 0.2) is 59.8 Å². The minimum Gasteiger partial charge on any atom is -0.393 e. The van der Waals surface area contributed by atoms with Gasteiger partial charge in [-0.15, -0.1) is 0 Å². The predicted molar refractivity (Wildman–Crippen MR) is 265 cm³/mol. The molecule has 19 heteroatoms. The molecule has 3 aliphatic heterocycles. The van der Waals surface area contributed by atoms with Crippen LogP contribution >= 0.6 is 0 Å². The van der Waals surface area contributed by atoms with Gasteiger partial charge in [-0.1, -0.05) is 43.7 Å². The molecule has 8 rings (SSSR count). The first-order chi connectivity index (χ1) is 34.0. The number of aliphatic hydroxyl groups is 1. The Morgan fingerprint density at radius 2 is 1.51 bits per heavy atom. The highest BCUT2D eigenvalue weighted by Crippen LogP contribution is 2.45. The lowest BCUT2D eigenvalue weighted by Crippen LogP contribution is -2.49. The topological polar surface area (TPSA) is 207 Å². The second-order valence-electron chi connectivity index (χ2n) is 18.7. The smallest absolute Gasteiger partial charge is 0.243 e. The van der Waals surface area contributed by atoms with Crippen molar-refractivity contribution in [1.82, 2.24) is 29.1 Å². The Kier molecular flexibility index (Phi) is 18.0. The van der Waals surface area contributed by atoms with Gasteiger partial charge in [0.05, 0.1) is 74.8 Å². The number of fused-ring (bicyclic) bond motifs is 2. The summed E-state index contributed by atoms with van der Waals surface area (Å²) in [7, 11) is -1.93. The van der Waals surface area contributed by atoms with Crippen molar-refractivity contribution < 1.29 is 46.9 Å². The summed E-state index contributed by atoms with van der Waals surface area (Å²) >= 11 is 0. The molecule has 4 aromatic rings. The molecule has 0 spiro atoms. The van der Waals surface area contributed by atoms with E-state index < -0.39 is 21.9 Å². The van der Waals surface area contributed by atoms with Crippen molar-refractivity contribution in [3.8, 4) is 11.1 Å². The van der Waals surface area contributed by atoms with Gasteiger partial charge in [-0.05, 0) is 80.2 Å². The molecular weight excluding hydrogens is 917 g/mol. The molecule has 2 saturated heterocycles. The van der Waals surface area contributed by atoms with Crippen molar-refractivity contribution in [2.75, 3.05) is 109 Å². The van der Waals surface area contributed by atoms with Gasteiger partial charge >= 0.3 is 0 Å². The van der Waals surface area contributed by atoms with Crippen molar-refractivity contribution in [3.05, 3.63) is 66.0 Å². The first-order valence-corrected chi connectivity index (χ1v) is 26.6. The number of piperazine rings is 1. The number of benzene rings is 2. The van der Waals surface area contributed by atoms with E-state index in [4.69, 9.17) is 23.9 Å². The third kappa shape index (κ3) is 12.4. The fourth-order valence-corrected chi connectivity index (χ4v) is 11.6. The molecule has 3 fully saturated rings. The maximum absolute atomic E-state index is 13.8. The van der Waals surface area contributed by atoms with Gasteiger partial charge in [0, 0.05) is 88.7 Å². The highest BCUT2D eigenvalue weighted by Gasteiger charge is 2.45. The number of aromatic nitrogens is 3. The number of nitrogens with zero attached hydrogens (tertiary/aromatic N) is 6. The summed E-state index contributed by atoms with van der Waals surface area (Å²) in [5.41, 5.74) is 5.44. The Bertz CT molecular complexity index is 2510. The van der Waals surface area contributed by atoms with Crippen molar-refractivity contribution in [2.45, 2.75) is 94.1 Å². The molecule has 2 atom stereocenters.